The van der Waals surface area contributed by atoms with Crippen LogP contribution in [0.5, 0.6) is 0 Å². The quantitative estimate of drug-likeness (QED) is 0.537. The molecule has 0 heterocycles. The van der Waals surface area contributed by atoms with Gasteiger partial charge in [-0.05, 0) is 25.8 Å². The number of hydrogen-bond acceptors (Lipinski definition) is 0. The Kier molecular flexibility index (Phi) is 4.62. The Morgan fingerprint density at radius 3 is 2.53 bits per heavy atom. The molecule has 0 nitrogen and oxygen atoms in total. The van der Waals surface area contributed by atoms with Crippen LogP contribution in [0.15, 0.2) is 71.9 Å². The maximum atomic E-state index is 3.95. The molecule has 0 atom stereocenters. The van der Waals surface area contributed by atoms with Gasteiger partial charge in [-0.3, -0.25) is 0 Å². The third-order valence-corrected chi connectivity index (χ3v) is 2.18. The van der Waals surface area contributed by atoms with E-state index in [4.69, 9.17) is 0 Å². The highest BCUT2D eigenvalue weighted by Gasteiger charge is 1.86. The van der Waals surface area contributed by atoms with Crippen molar-refractivity contribution in [3.05, 3.63) is 71.9 Å². The molecule has 0 aromatic heterocycles. The lowest BCUT2D eigenvalue weighted by molar-refractivity contribution is 1.21. The second kappa shape index (κ2) is 6.02. The summed E-state index contributed by atoms with van der Waals surface area (Å²) in [5.74, 6) is 0. The van der Waals surface area contributed by atoms with Gasteiger partial charge >= 0.3 is 0 Å². The Morgan fingerprint density at radius 1 is 1.00 bits per heavy atom. The van der Waals surface area contributed by atoms with Crippen LogP contribution in [0.1, 0.15) is 20.3 Å². The van der Waals surface area contributed by atoms with Crippen molar-refractivity contribution in [3.63, 3.8) is 0 Å². The molecule has 0 amide bonds. The first-order valence-electron chi connectivity index (χ1n) is 5.23. The molecule has 0 aromatic carbocycles. The summed E-state index contributed by atoms with van der Waals surface area (Å²) in [5, 5.41) is 0. The van der Waals surface area contributed by atoms with E-state index >= 15 is 0 Å². The standard InChI is InChI=1S/C15H18/c1-13-7-4-9-14(2)11-6-12-15(3)10-5-8-13/h4-9,11-12H,1,10H2,2-3H3/b7-4-,8-5-,11-6-,14-9+,15-12+. The highest BCUT2D eigenvalue weighted by Crippen LogP contribution is 2.07. The van der Waals surface area contributed by atoms with Crippen LogP contribution >= 0.6 is 0 Å². The van der Waals surface area contributed by atoms with Crippen molar-refractivity contribution in [1.29, 1.82) is 0 Å². The second-order valence-corrected chi connectivity index (χ2v) is 3.82. The summed E-state index contributed by atoms with van der Waals surface area (Å²) >= 11 is 0. The first-order valence-corrected chi connectivity index (χ1v) is 5.23. The monoisotopic (exact) mass is 198 g/mol. The fraction of sp³-hybridized carbons (Fsp3) is 0.200. The Bertz CT molecular complexity index is 371. The molecule has 0 saturated carbocycles. The van der Waals surface area contributed by atoms with Crippen molar-refractivity contribution in [2.24, 2.45) is 0 Å². The number of allylic oxidation sites excluding steroid dienone is 11. The first-order chi connectivity index (χ1) is 7.18. The molecule has 15 heavy (non-hydrogen) atoms. The van der Waals surface area contributed by atoms with Gasteiger partial charge in [-0.2, -0.15) is 0 Å². The van der Waals surface area contributed by atoms with Crippen molar-refractivity contribution >= 4 is 0 Å². The zero-order chi connectivity index (χ0) is 11.1. The minimum absolute atomic E-state index is 0.986. The third kappa shape index (κ3) is 5.02. The van der Waals surface area contributed by atoms with Crippen LogP contribution in [0.2, 0.25) is 0 Å². The molecule has 0 aromatic rings. The van der Waals surface area contributed by atoms with Gasteiger partial charge in [-0.1, -0.05) is 66.3 Å². The van der Waals surface area contributed by atoms with E-state index < -0.39 is 0 Å². The lowest BCUT2D eigenvalue weighted by Crippen LogP contribution is -1.75. The van der Waals surface area contributed by atoms with Gasteiger partial charge in [-0.25, -0.2) is 0 Å². The third-order valence-electron chi connectivity index (χ3n) is 2.18. The topological polar surface area (TPSA) is 0 Å². The average Bonchev–Trinajstić information content (AvgIpc) is 2.16. The summed E-state index contributed by atoms with van der Waals surface area (Å²) in [6, 6.07) is 0. The van der Waals surface area contributed by atoms with Gasteiger partial charge in [-0.15, -0.1) is 0 Å². The SMILES string of the molecule is C=C1\C=C/C=C(C)/C=C\C=C(/C)C/C=C\1. The van der Waals surface area contributed by atoms with E-state index in [-0.39, 0.29) is 0 Å². The molecule has 78 valence electrons. The van der Waals surface area contributed by atoms with E-state index in [1.165, 1.54) is 11.1 Å². The maximum absolute atomic E-state index is 3.95. The zero-order valence-corrected chi connectivity index (χ0v) is 9.53. The van der Waals surface area contributed by atoms with Crippen molar-refractivity contribution in [1.82, 2.24) is 0 Å². The van der Waals surface area contributed by atoms with Crippen LogP contribution in [-0.4, -0.2) is 0 Å². The average molecular weight is 198 g/mol. The molecular formula is C15H18. The fourth-order valence-electron chi connectivity index (χ4n) is 1.26. The molecule has 0 unspecified atom stereocenters. The van der Waals surface area contributed by atoms with Gasteiger partial charge < -0.3 is 0 Å². The molecule has 1 aliphatic carbocycles. The Balaban J connectivity index is 2.91. The van der Waals surface area contributed by atoms with Crippen LogP contribution in [-0.2, 0) is 0 Å². The molecule has 0 aliphatic heterocycles. The highest BCUT2D eigenvalue weighted by atomic mass is 13.9. The van der Waals surface area contributed by atoms with Crippen LogP contribution < -0.4 is 0 Å². The van der Waals surface area contributed by atoms with Crippen LogP contribution in [0.25, 0.3) is 0 Å². The van der Waals surface area contributed by atoms with E-state index in [2.05, 4.69) is 56.9 Å². The van der Waals surface area contributed by atoms with Gasteiger partial charge in [0.1, 0.15) is 0 Å². The maximum Gasteiger partial charge on any atom is -0.0135 e. The zero-order valence-electron chi connectivity index (χ0n) is 9.53. The first kappa shape index (κ1) is 11.5. The van der Waals surface area contributed by atoms with Gasteiger partial charge in [0.15, 0.2) is 0 Å². The molecule has 0 fully saturated rings. The van der Waals surface area contributed by atoms with Crippen LogP contribution in [0.3, 0.4) is 0 Å². The predicted molar refractivity (Wildman–Crippen MR) is 68.7 cm³/mol. The largest absolute Gasteiger partial charge is 0.0918 e. The normalized spacial score (nSPS) is 31.2. The predicted octanol–water partition coefficient (Wildman–Crippen LogP) is 4.51. The summed E-state index contributed by atoms with van der Waals surface area (Å²) in [7, 11) is 0. The van der Waals surface area contributed by atoms with Crippen LogP contribution in [0, 0.1) is 0 Å². The van der Waals surface area contributed by atoms with E-state index in [1.54, 1.807) is 0 Å². The molecule has 0 heteroatoms. The van der Waals surface area contributed by atoms with E-state index in [1.807, 2.05) is 12.2 Å². The molecule has 0 radical (unpaired) electrons. The van der Waals surface area contributed by atoms with Crippen molar-refractivity contribution < 1.29 is 0 Å². The summed E-state index contributed by atoms with van der Waals surface area (Å²) in [6.45, 7) is 8.18. The van der Waals surface area contributed by atoms with Gasteiger partial charge in [0, 0.05) is 0 Å². The Morgan fingerprint density at radius 2 is 1.73 bits per heavy atom. The lowest BCUT2D eigenvalue weighted by Gasteiger charge is -1.95. The van der Waals surface area contributed by atoms with E-state index in [0.29, 0.717) is 0 Å². The summed E-state index contributed by atoms with van der Waals surface area (Å²) in [6.07, 6.45) is 17.7. The number of rotatable bonds is 0. The molecule has 0 bridgehead atoms. The van der Waals surface area contributed by atoms with Crippen molar-refractivity contribution in [3.8, 4) is 0 Å². The summed E-state index contributed by atoms with van der Waals surface area (Å²) in [5.41, 5.74) is 3.64. The van der Waals surface area contributed by atoms with E-state index in [0.717, 1.165) is 12.0 Å². The molecular weight excluding hydrogens is 180 g/mol. The molecule has 1 rings (SSSR count). The van der Waals surface area contributed by atoms with Crippen molar-refractivity contribution in [2.75, 3.05) is 0 Å². The highest BCUT2D eigenvalue weighted by molar-refractivity contribution is 5.33. The van der Waals surface area contributed by atoms with E-state index in [9.17, 15) is 0 Å². The second-order valence-electron chi connectivity index (χ2n) is 3.82. The minimum atomic E-state index is 0.986. The van der Waals surface area contributed by atoms with Gasteiger partial charge in [0.25, 0.3) is 0 Å². The summed E-state index contributed by atoms with van der Waals surface area (Å²) in [4.78, 5) is 0. The van der Waals surface area contributed by atoms with Gasteiger partial charge in [0.05, 0.1) is 0 Å². The Hall–Kier alpha value is -1.56. The summed E-state index contributed by atoms with van der Waals surface area (Å²) < 4.78 is 0. The molecule has 0 saturated heterocycles. The molecule has 0 spiro atoms. The number of hydrogen-bond donors (Lipinski definition) is 0. The van der Waals surface area contributed by atoms with Crippen molar-refractivity contribution in [2.45, 2.75) is 20.3 Å². The smallest absolute Gasteiger partial charge is 0.0135 e. The Labute approximate surface area is 92.7 Å². The fourth-order valence-corrected chi connectivity index (χ4v) is 1.26. The molecule has 0 N–H and O–H groups in total. The van der Waals surface area contributed by atoms with Crippen LogP contribution in [0.4, 0.5) is 0 Å². The minimum Gasteiger partial charge on any atom is -0.0918 e. The lowest BCUT2D eigenvalue weighted by atomic mass is 10.1. The molecule has 1 aliphatic rings. The van der Waals surface area contributed by atoms with Gasteiger partial charge in [0.2, 0.25) is 0 Å².